The zero-order valence-electron chi connectivity index (χ0n) is 20.9. The number of carbonyl (C=O) groups excluding carboxylic acids is 2. The summed E-state index contributed by atoms with van der Waals surface area (Å²) in [5.74, 6) is 0.582. The fraction of sp³-hybridized carbons (Fsp3) is 0.207. The van der Waals surface area contributed by atoms with E-state index < -0.39 is 6.04 Å². The number of fused-ring (bicyclic) bond motifs is 1. The third-order valence-corrected chi connectivity index (χ3v) is 7.23. The number of methoxy groups -OCH3 is 1. The van der Waals surface area contributed by atoms with Crippen molar-refractivity contribution < 1.29 is 23.5 Å². The van der Waals surface area contributed by atoms with Gasteiger partial charge in [0.25, 0.3) is 5.91 Å². The van der Waals surface area contributed by atoms with E-state index >= 15 is 0 Å². The number of ether oxygens (including phenoxy) is 2. The summed E-state index contributed by atoms with van der Waals surface area (Å²) < 4.78 is 25.2. The lowest BCUT2D eigenvalue weighted by atomic mass is 9.88. The number of carbonyl (C=O) groups is 2. The topological polar surface area (TPSA) is 80.8 Å². The maximum Gasteiger partial charge on any atom is 0.275 e. The highest BCUT2D eigenvalue weighted by molar-refractivity contribution is 7.09. The molecule has 5 rings (SSSR count). The van der Waals surface area contributed by atoms with E-state index in [2.05, 4.69) is 10.3 Å². The Balaban J connectivity index is 1.30. The van der Waals surface area contributed by atoms with Crippen molar-refractivity contribution in [2.75, 3.05) is 19.0 Å². The Morgan fingerprint density at radius 2 is 1.89 bits per heavy atom. The van der Waals surface area contributed by atoms with Crippen LogP contribution < -0.4 is 14.8 Å². The van der Waals surface area contributed by atoms with Crippen LogP contribution in [-0.4, -0.2) is 35.4 Å². The first-order valence-electron chi connectivity index (χ1n) is 12.1. The van der Waals surface area contributed by atoms with Crippen LogP contribution in [0.5, 0.6) is 11.5 Å². The van der Waals surface area contributed by atoms with Crippen LogP contribution in [0.25, 0.3) is 0 Å². The van der Waals surface area contributed by atoms with Gasteiger partial charge in [-0.3, -0.25) is 9.59 Å². The van der Waals surface area contributed by atoms with Gasteiger partial charge in [-0.25, -0.2) is 9.37 Å². The second-order valence-corrected chi connectivity index (χ2v) is 9.82. The van der Waals surface area contributed by atoms with Gasteiger partial charge in [-0.15, -0.1) is 11.3 Å². The number of nitrogens with one attached hydrogen (secondary N) is 1. The Bertz CT molecular complexity index is 1470. The normalized spacial score (nSPS) is 14.5. The lowest BCUT2D eigenvalue weighted by Crippen LogP contribution is -2.39. The Morgan fingerprint density at radius 1 is 1.11 bits per heavy atom. The Morgan fingerprint density at radius 3 is 2.63 bits per heavy atom. The van der Waals surface area contributed by atoms with Crippen molar-refractivity contribution in [1.82, 2.24) is 9.88 Å². The average Bonchev–Trinajstić information content (AvgIpc) is 3.41. The van der Waals surface area contributed by atoms with Crippen molar-refractivity contribution in [3.05, 3.63) is 105 Å². The SMILES string of the molecule is COc1ccc(NC(=O)c2csc(COc3ccc4c(c3)[C@@H](c3cccc(F)c3)N(C(C)=O)CC4)n2)cc1. The molecule has 7 nitrogen and oxygen atoms in total. The number of aromatic nitrogens is 1. The molecule has 0 unspecified atom stereocenters. The highest BCUT2D eigenvalue weighted by Crippen LogP contribution is 2.37. The van der Waals surface area contributed by atoms with Crippen LogP contribution in [0.3, 0.4) is 0 Å². The van der Waals surface area contributed by atoms with Crippen molar-refractivity contribution in [2.45, 2.75) is 26.0 Å². The molecule has 1 aliphatic heterocycles. The predicted molar refractivity (Wildman–Crippen MR) is 143 cm³/mol. The van der Waals surface area contributed by atoms with Crippen LogP contribution in [0, 0.1) is 5.82 Å². The first kappa shape index (κ1) is 25.4. The molecular formula is C29H26FN3O4S. The van der Waals surface area contributed by atoms with Crippen molar-refractivity contribution in [1.29, 1.82) is 0 Å². The summed E-state index contributed by atoms with van der Waals surface area (Å²) in [6.07, 6.45) is 0.708. The molecule has 0 bridgehead atoms. The van der Waals surface area contributed by atoms with Crippen LogP contribution in [0.2, 0.25) is 0 Å². The minimum absolute atomic E-state index is 0.0699. The molecule has 2 heterocycles. The molecule has 0 aliphatic carbocycles. The van der Waals surface area contributed by atoms with Crippen molar-refractivity contribution in [3.63, 3.8) is 0 Å². The van der Waals surface area contributed by atoms with Gasteiger partial charge in [0.1, 0.15) is 34.6 Å². The minimum atomic E-state index is -0.399. The molecule has 0 radical (unpaired) electrons. The molecule has 0 fully saturated rings. The van der Waals surface area contributed by atoms with Gasteiger partial charge >= 0.3 is 0 Å². The number of rotatable bonds is 7. The van der Waals surface area contributed by atoms with E-state index in [1.165, 1.54) is 30.4 Å². The van der Waals surface area contributed by atoms with Gasteiger partial charge < -0.3 is 19.7 Å². The quantitative estimate of drug-likeness (QED) is 0.335. The molecule has 38 heavy (non-hydrogen) atoms. The van der Waals surface area contributed by atoms with Crippen LogP contribution >= 0.6 is 11.3 Å². The summed E-state index contributed by atoms with van der Waals surface area (Å²) in [5, 5.41) is 5.16. The average molecular weight is 532 g/mol. The molecule has 1 atom stereocenters. The van der Waals surface area contributed by atoms with Crippen molar-refractivity contribution in [3.8, 4) is 11.5 Å². The molecule has 0 saturated carbocycles. The molecule has 9 heteroatoms. The number of amides is 2. The Kier molecular flexibility index (Phi) is 7.37. The van der Waals surface area contributed by atoms with E-state index in [0.29, 0.717) is 46.4 Å². The number of hydrogen-bond donors (Lipinski definition) is 1. The number of benzene rings is 3. The first-order chi connectivity index (χ1) is 18.4. The molecule has 194 valence electrons. The lowest BCUT2D eigenvalue weighted by molar-refractivity contribution is -0.130. The summed E-state index contributed by atoms with van der Waals surface area (Å²) in [4.78, 5) is 31.2. The predicted octanol–water partition coefficient (Wildman–Crippen LogP) is 5.62. The maximum absolute atomic E-state index is 14.1. The summed E-state index contributed by atoms with van der Waals surface area (Å²) in [6.45, 7) is 2.27. The number of nitrogens with zero attached hydrogens (tertiary/aromatic N) is 2. The van der Waals surface area contributed by atoms with Crippen molar-refractivity contribution >= 4 is 28.8 Å². The van der Waals surface area contributed by atoms with Crippen molar-refractivity contribution in [2.24, 2.45) is 0 Å². The summed E-state index contributed by atoms with van der Waals surface area (Å²) >= 11 is 1.33. The highest BCUT2D eigenvalue weighted by Gasteiger charge is 2.31. The summed E-state index contributed by atoms with van der Waals surface area (Å²) in [7, 11) is 1.58. The van der Waals surface area contributed by atoms with Gasteiger partial charge in [-0.05, 0) is 71.6 Å². The molecular weight excluding hydrogens is 505 g/mol. The molecule has 2 amide bonds. The number of thiazole rings is 1. The smallest absolute Gasteiger partial charge is 0.275 e. The molecule has 3 aromatic carbocycles. The zero-order chi connectivity index (χ0) is 26.6. The van der Waals surface area contributed by atoms with E-state index in [9.17, 15) is 14.0 Å². The van der Waals surface area contributed by atoms with Crippen LogP contribution in [0.1, 0.15) is 45.2 Å². The third-order valence-electron chi connectivity index (χ3n) is 6.41. The number of halogens is 1. The lowest BCUT2D eigenvalue weighted by Gasteiger charge is -2.37. The van der Waals surface area contributed by atoms with E-state index in [4.69, 9.17) is 9.47 Å². The summed E-state index contributed by atoms with van der Waals surface area (Å²) in [5.41, 5.74) is 3.66. The molecule has 1 N–H and O–H groups in total. The van der Waals surface area contributed by atoms with E-state index in [1.54, 1.807) is 47.7 Å². The monoisotopic (exact) mass is 531 g/mol. The highest BCUT2D eigenvalue weighted by atomic mass is 32.1. The molecule has 1 aliphatic rings. The Labute approximate surface area is 223 Å². The summed E-state index contributed by atoms with van der Waals surface area (Å²) in [6, 6.07) is 18.8. The first-order valence-corrected chi connectivity index (χ1v) is 13.0. The standard InChI is InChI=1S/C29H26FN3O4S/c1-18(34)33-13-12-19-6-9-24(15-25(19)28(33)20-4-3-5-21(30)14-20)37-16-27-32-26(17-38-27)29(35)31-22-7-10-23(36-2)11-8-22/h3-11,14-15,17,28H,12-13,16H2,1-2H3,(H,31,35)/t28-/m1/s1. The second-order valence-electron chi connectivity index (χ2n) is 8.88. The van der Waals surface area contributed by atoms with Gasteiger partial charge in [0.15, 0.2) is 0 Å². The fourth-order valence-corrected chi connectivity index (χ4v) is 5.24. The van der Waals surface area contributed by atoms with Crippen LogP contribution in [0.4, 0.5) is 10.1 Å². The second kappa shape index (κ2) is 11.0. The van der Waals surface area contributed by atoms with Gasteiger partial charge in [0.2, 0.25) is 5.91 Å². The molecule has 4 aromatic rings. The molecule has 1 aromatic heterocycles. The molecule has 0 saturated heterocycles. The van der Waals surface area contributed by atoms with E-state index in [1.807, 2.05) is 24.3 Å². The van der Waals surface area contributed by atoms with Gasteiger partial charge in [0.05, 0.1) is 13.2 Å². The maximum atomic E-state index is 14.1. The van der Waals surface area contributed by atoms with Crippen LogP contribution in [-0.2, 0) is 17.8 Å². The third kappa shape index (κ3) is 5.52. The minimum Gasteiger partial charge on any atom is -0.497 e. The largest absolute Gasteiger partial charge is 0.497 e. The van der Waals surface area contributed by atoms with E-state index in [0.717, 1.165) is 11.1 Å². The Hall–Kier alpha value is -4.24. The zero-order valence-corrected chi connectivity index (χ0v) is 21.8. The molecule has 0 spiro atoms. The van der Waals surface area contributed by atoms with Crippen LogP contribution in [0.15, 0.2) is 72.1 Å². The number of anilines is 1. The fourth-order valence-electron chi connectivity index (χ4n) is 4.55. The van der Waals surface area contributed by atoms with E-state index in [-0.39, 0.29) is 24.2 Å². The van der Waals surface area contributed by atoms with Gasteiger partial charge in [0, 0.05) is 24.5 Å². The van der Waals surface area contributed by atoms with Gasteiger partial charge in [-0.1, -0.05) is 18.2 Å². The van der Waals surface area contributed by atoms with Gasteiger partial charge in [-0.2, -0.15) is 0 Å². The number of hydrogen-bond acceptors (Lipinski definition) is 6.